The lowest BCUT2D eigenvalue weighted by Gasteiger charge is -2.19. The van der Waals surface area contributed by atoms with Gasteiger partial charge < -0.3 is 9.73 Å². The summed E-state index contributed by atoms with van der Waals surface area (Å²) in [7, 11) is 1.39. The summed E-state index contributed by atoms with van der Waals surface area (Å²) in [5.74, 6) is -0.828. The highest BCUT2D eigenvalue weighted by atomic mass is 19.4. The summed E-state index contributed by atoms with van der Waals surface area (Å²) < 4.78 is 62.6. The normalized spacial score (nSPS) is 14.5. The van der Waals surface area contributed by atoms with Crippen molar-refractivity contribution in [1.82, 2.24) is 24.6 Å². The number of alkyl halides is 3. The molecule has 3 aromatic heterocycles. The van der Waals surface area contributed by atoms with Crippen molar-refractivity contribution in [1.29, 1.82) is 5.41 Å². The quantitative estimate of drug-likeness (QED) is 0.338. The highest BCUT2D eigenvalue weighted by Gasteiger charge is 2.38. The Morgan fingerprint density at radius 2 is 2.03 bits per heavy atom. The number of benzene rings is 1. The Morgan fingerprint density at radius 1 is 1.26 bits per heavy atom. The third kappa shape index (κ3) is 5.24. The van der Waals surface area contributed by atoms with Crippen LogP contribution < -0.4 is 11.0 Å². The number of halogens is 4. The number of hydrogen-bond acceptors (Lipinski definition) is 5. The summed E-state index contributed by atoms with van der Waals surface area (Å²) in [4.78, 5) is 17.7. The maximum Gasteiger partial charge on any atom is 0.435 e. The molecular formula is C26H24F4N6O2. The zero-order valence-corrected chi connectivity index (χ0v) is 20.5. The first-order valence-electron chi connectivity index (χ1n) is 11.9. The topological polar surface area (TPSA) is 102 Å². The van der Waals surface area contributed by atoms with Gasteiger partial charge in [-0.25, -0.2) is 4.39 Å². The molecule has 2 N–H and O–H groups in total. The number of pyridine rings is 1. The van der Waals surface area contributed by atoms with E-state index >= 15 is 0 Å². The van der Waals surface area contributed by atoms with Crippen LogP contribution in [0, 0.1) is 24.1 Å². The van der Waals surface area contributed by atoms with Crippen LogP contribution in [0.2, 0.25) is 0 Å². The zero-order valence-electron chi connectivity index (χ0n) is 20.5. The van der Waals surface area contributed by atoms with Gasteiger partial charge in [0.25, 0.3) is 11.6 Å². The van der Waals surface area contributed by atoms with Gasteiger partial charge in [0, 0.05) is 30.6 Å². The number of amides is 1. The predicted octanol–water partition coefficient (Wildman–Crippen LogP) is 4.75. The van der Waals surface area contributed by atoms with Gasteiger partial charge >= 0.3 is 6.18 Å². The molecule has 1 aromatic carbocycles. The Bertz CT molecular complexity index is 1560. The van der Waals surface area contributed by atoms with Crippen LogP contribution in [0.3, 0.4) is 0 Å². The lowest BCUT2D eigenvalue weighted by molar-refractivity contribution is -0.140. The fraction of sp³-hybridized carbons (Fsp3) is 0.308. The molecule has 1 atom stereocenters. The molecule has 0 saturated heterocycles. The zero-order chi connectivity index (χ0) is 27.2. The van der Waals surface area contributed by atoms with E-state index in [1.807, 2.05) is 0 Å². The van der Waals surface area contributed by atoms with E-state index in [-0.39, 0.29) is 34.8 Å². The molecule has 0 unspecified atom stereocenters. The van der Waals surface area contributed by atoms with E-state index in [1.165, 1.54) is 42.4 Å². The van der Waals surface area contributed by atoms with Crippen LogP contribution in [0.4, 0.5) is 17.6 Å². The smallest absolute Gasteiger partial charge is 0.432 e. The Balaban J connectivity index is 1.55. The van der Waals surface area contributed by atoms with Gasteiger partial charge in [0.15, 0.2) is 5.69 Å². The Hall–Kier alpha value is -4.22. The van der Waals surface area contributed by atoms with E-state index in [9.17, 15) is 22.4 Å². The molecule has 0 bridgehead atoms. The number of hydrogen-bond donors (Lipinski definition) is 2. The molecule has 1 fully saturated rings. The first-order valence-corrected chi connectivity index (χ1v) is 11.9. The maximum absolute atomic E-state index is 13.8. The standard InChI is InChI=1S/C26H24F4N6O2/c1-14-7-21(32-11-20(14)27)22(16-3-4-16)33-24(37)18-9-15(12-36-5-6-38-25(36)31)8-17(10-18)19-13-35(2)34-23(19)26(28,29)30/h5-11,13,16,22,31H,3-4,12H2,1-2H3,(H,33,37)/t22-/m0/s1. The van der Waals surface area contributed by atoms with Gasteiger partial charge in [-0.2, -0.15) is 18.3 Å². The number of oxazole rings is 1. The van der Waals surface area contributed by atoms with E-state index in [0.29, 0.717) is 16.8 Å². The predicted molar refractivity (Wildman–Crippen MR) is 127 cm³/mol. The average Bonchev–Trinajstić information content (AvgIpc) is 3.50. The lowest BCUT2D eigenvalue weighted by atomic mass is 9.98. The van der Waals surface area contributed by atoms with Crippen LogP contribution in [0.1, 0.15) is 51.8 Å². The summed E-state index contributed by atoms with van der Waals surface area (Å²) in [6.45, 7) is 1.71. The number of nitrogens with one attached hydrogen (secondary N) is 2. The number of rotatable bonds is 7. The van der Waals surface area contributed by atoms with Crippen molar-refractivity contribution < 1.29 is 26.8 Å². The van der Waals surface area contributed by atoms with E-state index in [2.05, 4.69) is 15.4 Å². The second-order valence-electron chi connectivity index (χ2n) is 9.46. The second kappa shape index (κ2) is 9.58. The van der Waals surface area contributed by atoms with E-state index in [0.717, 1.165) is 23.7 Å². The van der Waals surface area contributed by atoms with Crippen LogP contribution >= 0.6 is 0 Å². The summed E-state index contributed by atoms with van der Waals surface area (Å²) in [6, 6.07) is 5.61. The fourth-order valence-electron chi connectivity index (χ4n) is 4.42. The SMILES string of the molecule is Cc1cc([C@@H](NC(=O)c2cc(Cn3ccoc3=N)cc(-c3cn(C)nc3C(F)(F)F)c2)C2CC2)ncc1F. The summed E-state index contributed by atoms with van der Waals surface area (Å²) in [6.07, 6.45) is 2.23. The number of nitrogens with zero attached hydrogens (tertiary/aromatic N) is 4. The molecule has 12 heteroatoms. The number of aryl methyl sites for hydroxylation is 2. The highest BCUT2D eigenvalue weighted by molar-refractivity contribution is 5.96. The van der Waals surface area contributed by atoms with Crippen LogP contribution in [-0.2, 0) is 19.8 Å². The van der Waals surface area contributed by atoms with Gasteiger partial charge in [0.05, 0.1) is 24.5 Å². The number of aromatic nitrogens is 4. The van der Waals surface area contributed by atoms with Gasteiger partial charge in [-0.15, -0.1) is 0 Å². The van der Waals surface area contributed by atoms with E-state index < -0.39 is 29.6 Å². The maximum atomic E-state index is 13.8. The lowest BCUT2D eigenvalue weighted by Crippen LogP contribution is -2.30. The van der Waals surface area contributed by atoms with Crippen LogP contribution in [0.25, 0.3) is 11.1 Å². The first-order chi connectivity index (χ1) is 18.0. The van der Waals surface area contributed by atoms with E-state index in [4.69, 9.17) is 9.83 Å². The summed E-state index contributed by atoms with van der Waals surface area (Å²) in [5.41, 5.74) is 0.316. The van der Waals surface area contributed by atoms with Crippen molar-refractivity contribution in [2.45, 2.75) is 38.5 Å². The molecule has 0 aliphatic heterocycles. The van der Waals surface area contributed by atoms with Gasteiger partial charge in [0.2, 0.25) is 0 Å². The molecular weight excluding hydrogens is 504 g/mol. The third-order valence-corrected chi connectivity index (χ3v) is 6.46. The molecule has 1 saturated carbocycles. The molecule has 0 spiro atoms. The van der Waals surface area contributed by atoms with Gasteiger partial charge in [0.1, 0.15) is 12.1 Å². The molecule has 38 heavy (non-hydrogen) atoms. The molecule has 0 radical (unpaired) electrons. The monoisotopic (exact) mass is 528 g/mol. The highest BCUT2D eigenvalue weighted by Crippen LogP contribution is 2.41. The largest absolute Gasteiger partial charge is 0.435 e. The van der Waals surface area contributed by atoms with Gasteiger partial charge in [-0.1, -0.05) is 0 Å². The van der Waals surface area contributed by atoms with Crippen molar-refractivity contribution in [2.24, 2.45) is 13.0 Å². The molecule has 1 aliphatic carbocycles. The second-order valence-corrected chi connectivity index (χ2v) is 9.46. The third-order valence-electron chi connectivity index (χ3n) is 6.46. The molecule has 1 amide bonds. The van der Waals surface area contributed by atoms with Crippen molar-refractivity contribution in [2.75, 3.05) is 0 Å². The molecule has 4 aromatic rings. The van der Waals surface area contributed by atoms with Crippen molar-refractivity contribution >= 4 is 5.91 Å². The summed E-state index contributed by atoms with van der Waals surface area (Å²) >= 11 is 0. The summed E-state index contributed by atoms with van der Waals surface area (Å²) in [5, 5.41) is 14.4. The molecule has 5 rings (SSSR count). The van der Waals surface area contributed by atoms with Crippen molar-refractivity contribution in [3.8, 4) is 11.1 Å². The van der Waals surface area contributed by atoms with Crippen molar-refractivity contribution in [3.05, 3.63) is 88.7 Å². The number of carbonyl (C=O) groups is 1. The minimum atomic E-state index is -4.70. The molecule has 198 valence electrons. The minimum absolute atomic E-state index is 0.0931. The minimum Gasteiger partial charge on any atom is -0.432 e. The Morgan fingerprint density at radius 3 is 2.66 bits per heavy atom. The average molecular weight is 529 g/mol. The number of carbonyl (C=O) groups excluding carboxylic acids is 1. The van der Waals surface area contributed by atoms with Gasteiger partial charge in [-0.05, 0) is 66.6 Å². The van der Waals surface area contributed by atoms with E-state index in [1.54, 1.807) is 19.1 Å². The molecule has 8 nitrogen and oxygen atoms in total. The Labute approximate surface area is 214 Å². The van der Waals surface area contributed by atoms with Crippen LogP contribution in [0.5, 0.6) is 0 Å². The molecule has 3 heterocycles. The fourth-order valence-corrected chi connectivity index (χ4v) is 4.42. The van der Waals surface area contributed by atoms with Gasteiger partial charge in [-0.3, -0.25) is 24.4 Å². The van der Waals surface area contributed by atoms with Crippen molar-refractivity contribution in [3.63, 3.8) is 0 Å². The Kier molecular flexibility index (Phi) is 6.41. The first kappa shape index (κ1) is 25.4. The van der Waals surface area contributed by atoms with Crippen LogP contribution in [0.15, 0.2) is 53.5 Å². The van der Waals surface area contributed by atoms with Crippen LogP contribution in [-0.4, -0.2) is 25.2 Å². The molecule has 1 aliphatic rings.